The topological polar surface area (TPSA) is 37.3 Å². The van der Waals surface area contributed by atoms with Gasteiger partial charge in [-0.25, -0.2) is 0 Å². The summed E-state index contributed by atoms with van der Waals surface area (Å²) in [7, 11) is 0. The molecule has 1 N–H and O–H groups in total. The van der Waals surface area contributed by atoms with Crippen molar-refractivity contribution in [2.24, 2.45) is 0 Å². The highest BCUT2D eigenvalue weighted by molar-refractivity contribution is 8.01. The van der Waals surface area contributed by atoms with Crippen LogP contribution >= 0.6 is 11.8 Å². The zero-order valence-corrected chi connectivity index (χ0v) is 9.73. The number of carboxylic acid groups (broad SMARTS) is 1. The molecule has 0 amide bonds. The minimum atomic E-state index is -0.675. The Morgan fingerprint density at radius 2 is 2.00 bits per heavy atom. The fraction of sp³-hybridized carbons (Fsp3) is 0.417. The van der Waals surface area contributed by atoms with E-state index in [-0.39, 0.29) is 0 Å². The van der Waals surface area contributed by atoms with Crippen LogP contribution in [0.3, 0.4) is 0 Å². The molecule has 0 aromatic heterocycles. The van der Waals surface area contributed by atoms with E-state index in [0.717, 1.165) is 17.7 Å². The van der Waals surface area contributed by atoms with Crippen molar-refractivity contribution in [1.29, 1.82) is 0 Å². The lowest BCUT2D eigenvalue weighted by atomic mass is 10.1. The predicted octanol–water partition coefficient (Wildman–Crippen LogP) is 3.01. The Balaban J connectivity index is 2.18. The molecule has 15 heavy (non-hydrogen) atoms. The molecule has 1 aromatic carbocycles. The van der Waals surface area contributed by atoms with Gasteiger partial charge in [0.15, 0.2) is 0 Å². The number of benzene rings is 1. The summed E-state index contributed by atoms with van der Waals surface area (Å²) in [6, 6.07) is 6.13. The third-order valence-corrected chi connectivity index (χ3v) is 4.35. The molecule has 0 saturated heterocycles. The summed E-state index contributed by atoms with van der Waals surface area (Å²) in [5.74, 6) is -0.675. The van der Waals surface area contributed by atoms with Crippen LogP contribution in [0.4, 0.5) is 0 Å². The SMILES string of the molecule is Cc1ccc(SC2(C(=O)O)CC2)cc1C. The van der Waals surface area contributed by atoms with Crippen molar-refractivity contribution in [3.05, 3.63) is 29.3 Å². The highest BCUT2D eigenvalue weighted by Gasteiger charge is 2.51. The Morgan fingerprint density at radius 1 is 1.33 bits per heavy atom. The normalized spacial score (nSPS) is 17.5. The zero-order valence-electron chi connectivity index (χ0n) is 8.91. The Morgan fingerprint density at radius 3 is 2.47 bits per heavy atom. The molecule has 0 spiro atoms. The van der Waals surface area contributed by atoms with E-state index in [4.69, 9.17) is 5.11 Å². The zero-order chi connectivity index (χ0) is 11.1. The van der Waals surface area contributed by atoms with Crippen molar-refractivity contribution >= 4 is 17.7 Å². The Kier molecular flexibility index (Phi) is 2.51. The molecule has 0 radical (unpaired) electrons. The van der Waals surface area contributed by atoms with Crippen molar-refractivity contribution in [2.45, 2.75) is 36.3 Å². The van der Waals surface area contributed by atoms with Crippen molar-refractivity contribution in [2.75, 3.05) is 0 Å². The maximum atomic E-state index is 11.0. The molecule has 2 nitrogen and oxygen atoms in total. The van der Waals surface area contributed by atoms with Crippen molar-refractivity contribution in [3.63, 3.8) is 0 Å². The summed E-state index contributed by atoms with van der Waals surface area (Å²) >= 11 is 1.49. The molecule has 0 heterocycles. The van der Waals surface area contributed by atoms with Gasteiger partial charge < -0.3 is 5.11 Å². The first kappa shape index (κ1) is 10.6. The van der Waals surface area contributed by atoms with E-state index in [1.165, 1.54) is 22.9 Å². The number of aryl methyl sites for hydroxylation is 2. The maximum Gasteiger partial charge on any atom is 0.320 e. The van der Waals surface area contributed by atoms with E-state index >= 15 is 0 Å². The molecule has 2 rings (SSSR count). The summed E-state index contributed by atoms with van der Waals surface area (Å²) < 4.78 is -0.526. The second-order valence-electron chi connectivity index (χ2n) is 4.15. The second kappa shape index (κ2) is 3.56. The largest absolute Gasteiger partial charge is 0.480 e. The van der Waals surface area contributed by atoms with Gasteiger partial charge in [0.05, 0.1) is 0 Å². The summed E-state index contributed by atoms with van der Waals surface area (Å²) in [6.07, 6.45) is 1.58. The number of aliphatic carboxylic acids is 1. The lowest BCUT2D eigenvalue weighted by Gasteiger charge is -2.10. The van der Waals surface area contributed by atoms with Crippen LogP contribution in [0.15, 0.2) is 23.1 Å². The Labute approximate surface area is 93.7 Å². The molecule has 0 atom stereocenters. The number of hydrogen-bond acceptors (Lipinski definition) is 2. The van der Waals surface area contributed by atoms with Crippen LogP contribution in [-0.2, 0) is 4.79 Å². The molecule has 1 saturated carbocycles. The molecule has 3 heteroatoms. The third kappa shape index (κ3) is 2.02. The van der Waals surface area contributed by atoms with E-state index in [9.17, 15) is 4.79 Å². The maximum absolute atomic E-state index is 11.0. The molecule has 80 valence electrons. The first-order chi connectivity index (χ1) is 7.03. The Bertz CT molecular complexity index is 408. The van der Waals surface area contributed by atoms with Crippen LogP contribution in [0, 0.1) is 13.8 Å². The van der Waals surface area contributed by atoms with Crippen molar-refractivity contribution in [3.8, 4) is 0 Å². The molecule has 0 aliphatic heterocycles. The smallest absolute Gasteiger partial charge is 0.320 e. The third-order valence-electron chi connectivity index (χ3n) is 2.89. The molecule has 1 aliphatic rings. The molecule has 1 fully saturated rings. The first-order valence-electron chi connectivity index (χ1n) is 5.03. The lowest BCUT2D eigenvalue weighted by molar-refractivity contribution is -0.137. The fourth-order valence-corrected chi connectivity index (χ4v) is 2.69. The first-order valence-corrected chi connectivity index (χ1v) is 5.85. The average molecular weight is 222 g/mol. The van der Waals surface area contributed by atoms with Gasteiger partial charge in [-0.3, -0.25) is 4.79 Å². The van der Waals surface area contributed by atoms with Gasteiger partial charge in [0.2, 0.25) is 0 Å². The highest BCUT2D eigenvalue weighted by atomic mass is 32.2. The second-order valence-corrected chi connectivity index (χ2v) is 5.60. The summed E-state index contributed by atoms with van der Waals surface area (Å²) in [5.41, 5.74) is 2.47. The van der Waals surface area contributed by atoms with Gasteiger partial charge in [0.25, 0.3) is 0 Å². The van der Waals surface area contributed by atoms with E-state index < -0.39 is 10.7 Å². The fourth-order valence-electron chi connectivity index (χ4n) is 1.48. The summed E-state index contributed by atoms with van der Waals surface area (Å²) in [5, 5.41) is 9.07. The predicted molar refractivity (Wildman–Crippen MR) is 61.4 cm³/mol. The highest BCUT2D eigenvalue weighted by Crippen LogP contribution is 2.51. The quantitative estimate of drug-likeness (QED) is 0.854. The standard InChI is InChI=1S/C12H14O2S/c1-8-3-4-10(7-9(8)2)15-12(5-6-12)11(13)14/h3-4,7H,5-6H2,1-2H3,(H,13,14). The molecule has 0 bridgehead atoms. The molecule has 1 aromatic rings. The molecular weight excluding hydrogens is 208 g/mol. The van der Waals surface area contributed by atoms with E-state index in [2.05, 4.69) is 26.0 Å². The number of carbonyl (C=O) groups is 1. The van der Waals surface area contributed by atoms with Crippen molar-refractivity contribution < 1.29 is 9.90 Å². The van der Waals surface area contributed by atoms with E-state index in [1.54, 1.807) is 0 Å². The van der Waals surface area contributed by atoms with Crippen LogP contribution in [0.2, 0.25) is 0 Å². The van der Waals surface area contributed by atoms with Crippen LogP contribution in [0.5, 0.6) is 0 Å². The van der Waals surface area contributed by atoms with Gasteiger partial charge in [-0.1, -0.05) is 6.07 Å². The van der Waals surface area contributed by atoms with Crippen LogP contribution in [0.1, 0.15) is 24.0 Å². The van der Waals surface area contributed by atoms with E-state index in [1.807, 2.05) is 6.07 Å². The van der Waals surface area contributed by atoms with Gasteiger partial charge in [-0.05, 0) is 49.9 Å². The minimum Gasteiger partial charge on any atom is -0.480 e. The van der Waals surface area contributed by atoms with Crippen LogP contribution in [-0.4, -0.2) is 15.8 Å². The van der Waals surface area contributed by atoms with Gasteiger partial charge in [-0.2, -0.15) is 0 Å². The average Bonchev–Trinajstić information content (AvgIpc) is 2.93. The summed E-state index contributed by atoms with van der Waals surface area (Å²) in [6.45, 7) is 4.12. The minimum absolute atomic E-state index is 0.526. The lowest BCUT2D eigenvalue weighted by Crippen LogP contribution is -2.17. The molecule has 1 aliphatic carbocycles. The molecular formula is C12H14O2S. The Hall–Kier alpha value is -0.960. The van der Waals surface area contributed by atoms with Gasteiger partial charge in [-0.15, -0.1) is 11.8 Å². The van der Waals surface area contributed by atoms with Crippen molar-refractivity contribution in [1.82, 2.24) is 0 Å². The number of rotatable bonds is 3. The number of hydrogen-bond donors (Lipinski definition) is 1. The van der Waals surface area contributed by atoms with Gasteiger partial charge in [0.1, 0.15) is 4.75 Å². The van der Waals surface area contributed by atoms with Gasteiger partial charge in [0, 0.05) is 4.90 Å². The van der Waals surface area contributed by atoms with E-state index in [0.29, 0.717) is 0 Å². The number of carboxylic acids is 1. The number of thioether (sulfide) groups is 1. The van der Waals surface area contributed by atoms with Gasteiger partial charge >= 0.3 is 5.97 Å². The van der Waals surface area contributed by atoms with Crippen LogP contribution < -0.4 is 0 Å². The van der Waals surface area contributed by atoms with Crippen LogP contribution in [0.25, 0.3) is 0 Å². The summed E-state index contributed by atoms with van der Waals surface area (Å²) in [4.78, 5) is 12.1. The monoisotopic (exact) mass is 222 g/mol. The molecule has 0 unspecified atom stereocenters.